The molecule has 0 radical (unpaired) electrons. The van der Waals surface area contributed by atoms with Crippen LogP contribution in [-0.2, 0) is 4.74 Å². The molecule has 2 aliphatic heterocycles. The van der Waals surface area contributed by atoms with E-state index in [4.69, 9.17) is 4.74 Å². The standard InChI is InChI=1S/C18H36N2O/c1-5-15(3)17-13-20(18(4,6-2)14-19-17)11-7-9-16-10-8-12-21-16/h15-17,19H,5-14H2,1-4H3. The van der Waals surface area contributed by atoms with Gasteiger partial charge < -0.3 is 10.1 Å². The van der Waals surface area contributed by atoms with Crippen molar-refractivity contribution in [1.29, 1.82) is 0 Å². The molecule has 0 bridgehead atoms. The minimum absolute atomic E-state index is 0.334. The van der Waals surface area contributed by atoms with Crippen LogP contribution in [0.1, 0.15) is 66.2 Å². The van der Waals surface area contributed by atoms with Gasteiger partial charge in [0.1, 0.15) is 0 Å². The molecule has 0 spiro atoms. The van der Waals surface area contributed by atoms with Crippen molar-refractivity contribution in [3.05, 3.63) is 0 Å². The zero-order valence-corrected chi connectivity index (χ0v) is 14.7. The van der Waals surface area contributed by atoms with Crippen LogP contribution in [0.3, 0.4) is 0 Å². The number of rotatable bonds is 7. The highest BCUT2D eigenvalue weighted by Gasteiger charge is 2.37. The first-order chi connectivity index (χ1) is 10.1. The smallest absolute Gasteiger partial charge is 0.0576 e. The quantitative estimate of drug-likeness (QED) is 0.779. The Labute approximate surface area is 131 Å². The molecular weight excluding hydrogens is 260 g/mol. The Morgan fingerprint density at radius 1 is 1.38 bits per heavy atom. The van der Waals surface area contributed by atoms with Crippen LogP contribution in [0.2, 0.25) is 0 Å². The van der Waals surface area contributed by atoms with Gasteiger partial charge in [-0.15, -0.1) is 0 Å². The molecule has 2 rings (SSSR count). The molecule has 0 amide bonds. The topological polar surface area (TPSA) is 24.5 Å². The summed E-state index contributed by atoms with van der Waals surface area (Å²) in [6, 6.07) is 0.664. The Bertz CT molecular complexity index is 304. The molecule has 1 N–H and O–H groups in total. The van der Waals surface area contributed by atoms with Crippen LogP contribution < -0.4 is 5.32 Å². The van der Waals surface area contributed by atoms with E-state index in [1.807, 2.05) is 0 Å². The molecule has 2 heterocycles. The van der Waals surface area contributed by atoms with Crippen molar-refractivity contribution in [1.82, 2.24) is 10.2 Å². The zero-order chi connectivity index (χ0) is 15.3. The van der Waals surface area contributed by atoms with Gasteiger partial charge in [-0.05, 0) is 51.5 Å². The third-order valence-electron chi connectivity index (χ3n) is 6.00. The largest absolute Gasteiger partial charge is 0.378 e. The number of ether oxygens (including phenoxy) is 1. The van der Waals surface area contributed by atoms with Crippen molar-refractivity contribution in [3.63, 3.8) is 0 Å². The van der Waals surface area contributed by atoms with E-state index in [1.165, 1.54) is 51.6 Å². The number of nitrogens with one attached hydrogen (secondary N) is 1. The molecule has 2 aliphatic rings. The van der Waals surface area contributed by atoms with E-state index in [0.29, 0.717) is 17.7 Å². The molecule has 0 aliphatic carbocycles. The Balaban J connectivity index is 1.84. The van der Waals surface area contributed by atoms with E-state index >= 15 is 0 Å². The number of hydrogen-bond acceptors (Lipinski definition) is 3. The van der Waals surface area contributed by atoms with Crippen LogP contribution in [0.15, 0.2) is 0 Å². The molecule has 3 heteroatoms. The van der Waals surface area contributed by atoms with Gasteiger partial charge in [0.25, 0.3) is 0 Å². The minimum Gasteiger partial charge on any atom is -0.378 e. The summed E-state index contributed by atoms with van der Waals surface area (Å²) < 4.78 is 5.77. The Kier molecular flexibility index (Phi) is 6.51. The summed E-state index contributed by atoms with van der Waals surface area (Å²) in [5.74, 6) is 0.770. The van der Waals surface area contributed by atoms with Gasteiger partial charge in [-0.25, -0.2) is 0 Å². The van der Waals surface area contributed by atoms with Crippen LogP contribution in [0.25, 0.3) is 0 Å². The van der Waals surface area contributed by atoms with E-state index in [9.17, 15) is 0 Å². The van der Waals surface area contributed by atoms with E-state index < -0.39 is 0 Å². The van der Waals surface area contributed by atoms with E-state index in [-0.39, 0.29) is 0 Å². The van der Waals surface area contributed by atoms with Crippen LogP contribution in [0.5, 0.6) is 0 Å². The molecule has 0 aromatic heterocycles. The van der Waals surface area contributed by atoms with Crippen molar-refractivity contribution in [3.8, 4) is 0 Å². The van der Waals surface area contributed by atoms with Crippen molar-refractivity contribution in [2.75, 3.05) is 26.2 Å². The molecule has 0 saturated carbocycles. The maximum Gasteiger partial charge on any atom is 0.0576 e. The lowest BCUT2D eigenvalue weighted by molar-refractivity contribution is 0.0295. The highest BCUT2D eigenvalue weighted by Crippen LogP contribution is 2.27. The van der Waals surface area contributed by atoms with Gasteiger partial charge in [-0.2, -0.15) is 0 Å². The Morgan fingerprint density at radius 3 is 2.81 bits per heavy atom. The zero-order valence-electron chi connectivity index (χ0n) is 14.7. The average molecular weight is 296 g/mol. The summed E-state index contributed by atoms with van der Waals surface area (Å²) >= 11 is 0. The summed E-state index contributed by atoms with van der Waals surface area (Å²) in [5, 5.41) is 3.81. The van der Waals surface area contributed by atoms with E-state index in [0.717, 1.165) is 19.1 Å². The first kappa shape index (κ1) is 17.2. The van der Waals surface area contributed by atoms with Gasteiger partial charge in [0.15, 0.2) is 0 Å². The van der Waals surface area contributed by atoms with Gasteiger partial charge in [-0.3, -0.25) is 4.90 Å². The molecular formula is C18H36N2O. The Morgan fingerprint density at radius 2 is 2.19 bits per heavy atom. The van der Waals surface area contributed by atoms with E-state index in [1.54, 1.807) is 0 Å². The minimum atomic E-state index is 0.334. The third-order valence-corrected chi connectivity index (χ3v) is 6.00. The maximum atomic E-state index is 5.77. The molecule has 3 nitrogen and oxygen atoms in total. The average Bonchev–Trinajstić information content (AvgIpc) is 3.01. The summed E-state index contributed by atoms with van der Waals surface area (Å²) in [5.41, 5.74) is 0.334. The predicted molar refractivity (Wildman–Crippen MR) is 89.7 cm³/mol. The summed E-state index contributed by atoms with van der Waals surface area (Å²) in [7, 11) is 0. The molecule has 2 saturated heterocycles. The monoisotopic (exact) mass is 296 g/mol. The van der Waals surface area contributed by atoms with Crippen molar-refractivity contribution in [2.24, 2.45) is 5.92 Å². The highest BCUT2D eigenvalue weighted by atomic mass is 16.5. The fourth-order valence-corrected chi connectivity index (χ4v) is 3.74. The number of hydrogen-bond donors (Lipinski definition) is 1. The first-order valence-corrected chi connectivity index (χ1v) is 9.19. The van der Waals surface area contributed by atoms with Gasteiger partial charge in [0.05, 0.1) is 6.10 Å². The van der Waals surface area contributed by atoms with Gasteiger partial charge in [0, 0.05) is 31.3 Å². The lowest BCUT2D eigenvalue weighted by Crippen LogP contribution is -2.64. The molecule has 21 heavy (non-hydrogen) atoms. The molecule has 124 valence electrons. The maximum absolute atomic E-state index is 5.77. The fraction of sp³-hybridized carbons (Fsp3) is 1.00. The number of nitrogens with zero attached hydrogens (tertiary/aromatic N) is 1. The van der Waals surface area contributed by atoms with Crippen molar-refractivity contribution >= 4 is 0 Å². The molecule has 4 atom stereocenters. The highest BCUT2D eigenvalue weighted by molar-refractivity contribution is 4.96. The molecule has 2 fully saturated rings. The lowest BCUT2D eigenvalue weighted by Gasteiger charge is -2.49. The predicted octanol–water partition coefficient (Wildman–Crippen LogP) is 3.43. The van der Waals surface area contributed by atoms with Crippen molar-refractivity contribution < 1.29 is 4.74 Å². The second-order valence-electron chi connectivity index (χ2n) is 7.45. The van der Waals surface area contributed by atoms with Gasteiger partial charge in [-0.1, -0.05) is 27.2 Å². The van der Waals surface area contributed by atoms with Gasteiger partial charge >= 0.3 is 0 Å². The van der Waals surface area contributed by atoms with Crippen molar-refractivity contribution in [2.45, 2.75) is 83.9 Å². The SMILES string of the molecule is CCC(C)C1CN(CCCC2CCCO2)C(C)(CC)CN1. The fourth-order valence-electron chi connectivity index (χ4n) is 3.74. The second-order valence-corrected chi connectivity index (χ2v) is 7.45. The normalized spacial score (nSPS) is 36.0. The Hall–Kier alpha value is -0.120. The van der Waals surface area contributed by atoms with Crippen LogP contribution in [0, 0.1) is 5.92 Å². The van der Waals surface area contributed by atoms with Crippen LogP contribution in [0.4, 0.5) is 0 Å². The molecule has 0 aromatic rings. The second kappa shape index (κ2) is 7.94. The van der Waals surface area contributed by atoms with E-state index in [2.05, 4.69) is 37.9 Å². The number of piperazine rings is 1. The van der Waals surface area contributed by atoms with Crippen LogP contribution in [-0.4, -0.2) is 48.8 Å². The molecule has 0 aromatic carbocycles. The third kappa shape index (κ3) is 4.43. The summed E-state index contributed by atoms with van der Waals surface area (Å²) in [4.78, 5) is 2.76. The summed E-state index contributed by atoms with van der Waals surface area (Å²) in [6.07, 6.45) is 8.12. The first-order valence-electron chi connectivity index (χ1n) is 9.19. The van der Waals surface area contributed by atoms with Gasteiger partial charge in [0.2, 0.25) is 0 Å². The van der Waals surface area contributed by atoms with Crippen LogP contribution >= 0.6 is 0 Å². The lowest BCUT2D eigenvalue weighted by atomic mass is 9.87. The summed E-state index contributed by atoms with van der Waals surface area (Å²) in [6.45, 7) is 14.0. The molecule has 4 unspecified atom stereocenters.